The maximum atomic E-state index is 10.3. The van der Waals surface area contributed by atoms with Gasteiger partial charge < -0.3 is 10.1 Å². The SMILES string of the molecule is Oc1c(C=NCc2ccc(Cl)cc2Cl)[nH]c2ccc(Br)c(Cl)c12. The third-order valence-electron chi connectivity index (χ3n) is 3.35. The molecule has 3 nitrogen and oxygen atoms in total. The molecule has 0 amide bonds. The summed E-state index contributed by atoms with van der Waals surface area (Å²) in [6.45, 7) is 0.377. The Morgan fingerprint density at radius 1 is 1.17 bits per heavy atom. The van der Waals surface area contributed by atoms with Gasteiger partial charge in [0.2, 0.25) is 0 Å². The van der Waals surface area contributed by atoms with Gasteiger partial charge in [-0.25, -0.2) is 0 Å². The van der Waals surface area contributed by atoms with Crippen molar-refractivity contribution in [1.82, 2.24) is 4.98 Å². The summed E-state index contributed by atoms with van der Waals surface area (Å²) < 4.78 is 0.720. The molecule has 3 rings (SSSR count). The molecular formula is C16H10BrCl3N2O. The largest absolute Gasteiger partial charge is 0.505 e. The molecule has 0 saturated heterocycles. The van der Waals surface area contributed by atoms with Crippen molar-refractivity contribution < 1.29 is 5.11 Å². The molecule has 0 atom stereocenters. The predicted molar refractivity (Wildman–Crippen MR) is 100 cm³/mol. The first-order valence-electron chi connectivity index (χ1n) is 6.59. The van der Waals surface area contributed by atoms with Crippen molar-refractivity contribution in [3.63, 3.8) is 0 Å². The lowest BCUT2D eigenvalue weighted by molar-refractivity contribution is 0.480. The summed E-state index contributed by atoms with van der Waals surface area (Å²) >= 11 is 21.5. The van der Waals surface area contributed by atoms with Crippen LogP contribution in [0.1, 0.15) is 11.3 Å². The summed E-state index contributed by atoms with van der Waals surface area (Å²) in [5.41, 5.74) is 2.08. The summed E-state index contributed by atoms with van der Waals surface area (Å²) in [6, 6.07) is 8.90. The number of halogens is 4. The molecule has 0 aliphatic rings. The first-order chi connectivity index (χ1) is 11.0. The van der Waals surface area contributed by atoms with Gasteiger partial charge in [0.05, 0.1) is 28.2 Å². The van der Waals surface area contributed by atoms with Gasteiger partial charge in [-0.3, -0.25) is 4.99 Å². The predicted octanol–water partition coefficient (Wildman–Crippen LogP) is 6.22. The fourth-order valence-electron chi connectivity index (χ4n) is 2.20. The van der Waals surface area contributed by atoms with Gasteiger partial charge in [-0.1, -0.05) is 40.9 Å². The smallest absolute Gasteiger partial charge is 0.151 e. The second kappa shape index (κ2) is 6.73. The first-order valence-corrected chi connectivity index (χ1v) is 8.52. The van der Waals surface area contributed by atoms with Crippen molar-refractivity contribution in [3.05, 3.63) is 61.1 Å². The fraction of sp³-hybridized carbons (Fsp3) is 0.0625. The number of fused-ring (bicyclic) bond motifs is 1. The highest BCUT2D eigenvalue weighted by molar-refractivity contribution is 9.10. The van der Waals surface area contributed by atoms with E-state index in [1.807, 2.05) is 18.2 Å². The number of benzene rings is 2. The van der Waals surface area contributed by atoms with Crippen LogP contribution in [0.5, 0.6) is 5.75 Å². The third-order valence-corrected chi connectivity index (χ3v) is 5.22. The number of hydrogen-bond acceptors (Lipinski definition) is 2. The van der Waals surface area contributed by atoms with Crippen molar-refractivity contribution in [1.29, 1.82) is 0 Å². The number of nitrogens with one attached hydrogen (secondary N) is 1. The van der Waals surface area contributed by atoms with Crippen LogP contribution in [-0.2, 0) is 6.54 Å². The molecule has 118 valence electrons. The molecule has 2 N–H and O–H groups in total. The number of hydrogen-bond donors (Lipinski definition) is 2. The van der Waals surface area contributed by atoms with Crippen molar-refractivity contribution in [2.45, 2.75) is 6.54 Å². The molecule has 0 spiro atoms. The normalized spacial score (nSPS) is 11.7. The van der Waals surface area contributed by atoms with Crippen LogP contribution in [0.15, 0.2) is 39.8 Å². The van der Waals surface area contributed by atoms with Gasteiger partial charge in [-0.05, 0) is 45.8 Å². The number of H-pyrrole nitrogens is 1. The van der Waals surface area contributed by atoms with Gasteiger partial charge >= 0.3 is 0 Å². The lowest BCUT2D eigenvalue weighted by Crippen LogP contribution is -1.86. The minimum Gasteiger partial charge on any atom is -0.505 e. The molecule has 0 radical (unpaired) electrons. The first kappa shape index (κ1) is 16.7. The summed E-state index contributed by atoms with van der Waals surface area (Å²) in [5, 5.41) is 12.5. The van der Waals surface area contributed by atoms with Crippen LogP contribution in [0, 0.1) is 0 Å². The molecule has 0 aliphatic carbocycles. The van der Waals surface area contributed by atoms with Crippen molar-refractivity contribution in [2.75, 3.05) is 0 Å². The standard InChI is InChI=1S/C16H10BrCl3N2O/c17-10-3-4-12-14(15(10)20)16(23)13(22-12)7-21-6-8-1-2-9(18)5-11(8)19/h1-5,7,22-23H,6H2. The minimum absolute atomic E-state index is 0.0669. The van der Waals surface area contributed by atoms with Gasteiger partial charge in [-0.15, -0.1) is 0 Å². The van der Waals surface area contributed by atoms with Crippen LogP contribution in [0.25, 0.3) is 10.9 Å². The second-order valence-electron chi connectivity index (χ2n) is 4.88. The maximum Gasteiger partial charge on any atom is 0.151 e. The molecule has 1 heterocycles. The van der Waals surface area contributed by atoms with Gasteiger partial charge in [0.15, 0.2) is 5.75 Å². The van der Waals surface area contributed by atoms with Crippen LogP contribution in [0.3, 0.4) is 0 Å². The number of aromatic hydroxyl groups is 1. The highest BCUT2D eigenvalue weighted by Crippen LogP contribution is 2.38. The Balaban J connectivity index is 1.89. The lowest BCUT2D eigenvalue weighted by atomic mass is 10.2. The average Bonchev–Trinajstić information content (AvgIpc) is 2.82. The van der Waals surface area contributed by atoms with Gasteiger partial charge in [0.1, 0.15) is 0 Å². The van der Waals surface area contributed by atoms with E-state index in [1.54, 1.807) is 18.3 Å². The van der Waals surface area contributed by atoms with E-state index in [4.69, 9.17) is 34.8 Å². The van der Waals surface area contributed by atoms with Crippen molar-refractivity contribution in [2.24, 2.45) is 4.99 Å². The highest BCUT2D eigenvalue weighted by atomic mass is 79.9. The van der Waals surface area contributed by atoms with E-state index in [0.29, 0.717) is 32.7 Å². The molecule has 0 fully saturated rings. The summed E-state index contributed by atoms with van der Waals surface area (Å²) in [5.74, 6) is 0.0669. The molecule has 23 heavy (non-hydrogen) atoms. The van der Waals surface area contributed by atoms with Crippen LogP contribution in [0.2, 0.25) is 15.1 Å². The zero-order valence-electron chi connectivity index (χ0n) is 11.6. The second-order valence-corrected chi connectivity index (χ2v) is 6.95. The van der Waals surface area contributed by atoms with Crippen molar-refractivity contribution in [3.8, 4) is 5.75 Å². The Labute approximate surface area is 156 Å². The summed E-state index contributed by atoms with van der Waals surface area (Å²) in [4.78, 5) is 7.40. The molecular weight excluding hydrogens is 422 g/mol. The van der Waals surface area contributed by atoms with Crippen LogP contribution < -0.4 is 0 Å². The van der Waals surface area contributed by atoms with Gasteiger partial charge in [0, 0.05) is 20.7 Å². The van der Waals surface area contributed by atoms with Crippen LogP contribution in [0.4, 0.5) is 0 Å². The van der Waals surface area contributed by atoms with Gasteiger partial charge in [0.25, 0.3) is 0 Å². The van der Waals surface area contributed by atoms with E-state index in [-0.39, 0.29) is 5.75 Å². The van der Waals surface area contributed by atoms with E-state index in [9.17, 15) is 5.11 Å². The molecule has 0 aliphatic heterocycles. The summed E-state index contributed by atoms with van der Waals surface area (Å²) in [6.07, 6.45) is 1.56. The minimum atomic E-state index is 0.0669. The molecule has 7 heteroatoms. The van der Waals surface area contributed by atoms with Gasteiger partial charge in [-0.2, -0.15) is 0 Å². The summed E-state index contributed by atoms with van der Waals surface area (Å²) in [7, 11) is 0. The van der Waals surface area contributed by atoms with E-state index < -0.39 is 0 Å². The Kier molecular flexibility index (Phi) is 4.87. The molecule has 3 aromatic rings. The third kappa shape index (κ3) is 3.36. The van der Waals surface area contributed by atoms with E-state index in [1.165, 1.54) is 0 Å². The van der Waals surface area contributed by atoms with Crippen molar-refractivity contribution >= 4 is 67.9 Å². The highest BCUT2D eigenvalue weighted by Gasteiger charge is 2.14. The molecule has 0 saturated carbocycles. The number of aromatic amines is 1. The van der Waals surface area contributed by atoms with E-state index in [0.717, 1.165) is 15.6 Å². The number of aromatic nitrogens is 1. The fourth-order valence-corrected chi connectivity index (χ4v) is 3.26. The molecule has 2 aromatic carbocycles. The molecule has 1 aromatic heterocycles. The Morgan fingerprint density at radius 2 is 1.96 bits per heavy atom. The quantitative estimate of drug-likeness (QED) is 0.475. The monoisotopic (exact) mass is 430 g/mol. The maximum absolute atomic E-state index is 10.3. The average molecular weight is 433 g/mol. The van der Waals surface area contributed by atoms with E-state index >= 15 is 0 Å². The topological polar surface area (TPSA) is 48.4 Å². The van der Waals surface area contributed by atoms with E-state index in [2.05, 4.69) is 25.9 Å². The Bertz CT molecular complexity index is 921. The zero-order valence-corrected chi connectivity index (χ0v) is 15.4. The molecule has 0 bridgehead atoms. The molecule has 0 unspecified atom stereocenters. The lowest BCUT2D eigenvalue weighted by Gasteiger charge is -2.00. The van der Waals surface area contributed by atoms with Crippen LogP contribution in [-0.4, -0.2) is 16.3 Å². The number of rotatable bonds is 3. The zero-order chi connectivity index (χ0) is 16.6. The number of aliphatic imine (C=N–C) groups is 1. The van der Waals surface area contributed by atoms with Crippen LogP contribution >= 0.6 is 50.7 Å². The number of nitrogens with zero attached hydrogens (tertiary/aromatic N) is 1. The Morgan fingerprint density at radius 3 is 2.70 bits per heavy atom. The Hall–Kier alpha value is -1.20.